The van der Waals surface area contributed by atoms with Crippen LogP contribution in [0.3, 0.4) is 0 Å². The number of nitrogens with zero attached hydrogens (tertiary/aromatic N) is 1. The Morgan fingerprint density at radius 3 is 3.00 bits per heavy atom. The van der Waals surface area contributed by atoms with Gasteiger partial charge in [-0.2, -0.15) is 0 Å². The number of halogens is 1. The quantitative estimate of drug-likeness (QED) is 0.735. The Kier molecular flexibility index (Phi) is 3.29. The van der Waals surface area contributed by atoms with E-state index in [9.17, 15) is 9.50 Å². The van der Waals surface area contributed by atoms with Gasteiger partial charge >= 0.3 is 0 Å². The lowest BCUT2D eigenvalue weighted by atomic mass is 10.2. The van der Waals surface area contributed by atoms with Gasteiger partial charge in [0.1, 0.15) is 6.67 Å². The van der Waals surface area contributed by atoms with Crippen LogP contribution in [0.25, 0.3) is 0 Å². The summed E-state index contributed by atoms with van der Waals surface area (Å²) in [7, 11) is 0. The number of aromatic nitrogens is 1. The first-order valence-corrected chi connectivity index (χ1v) is 4.18. The molecule has 0 aliphatic heterocycles. The van der Waals surface area contributed by atoms with E-state index in [1.165, 1.54) is 0 Å². The van der Waals surface area contributed by atoms with Crippen molar-refractivity contribution in [1.82, 2.24) is 4.57 Å². The van der Waals surface area contributed by atoms with Gasteiger partial charge in [0.15, 0.2) is 0 Å². The van der Waals surface area contributed by atoms with Gasteiger partial charge in [0.25, 0.3) is 0 Å². The Balaban J connectivity index is 2.76. The fourth-order valence-corrected chi connectivity index (χ4v) is 1.23. The van der Waals surface area contributed by atoms with Crippen LogP contribution in [0.15, 0.2) is 18.3 Å². The molecule has 0 radical (unpaired) electrons. The molecule has 3 heteroatoms. The highest BCUT2D eigenvalue weighted by atomic mass is 19.1. The van der Waals surface area contributed by atoms with Crippen LogP contribution in [0.5, 0.6) is 0 Å². The smallest absolute Gasteiger partial charge is 0.107 e. The first kappa shape index (κ1) is 9.26. The number of hydrogen-bond donors (Lipinski definition) is 1. The van der Waals surface area contributed by atoms with Crippen LogP contribution in [0.2, 0.25) is 0 Å². The molecule has 68 valence electrons. The predicted molar refractivity (Wildman–Crippen MR) is 45.7 cm³/mol. The molecule has 0 saturated heterocycles. The summed E-state index contributed by atoms with van der Waals surface area (Å²) in [4.78, 5) is 0. The molecular formula is C9H14FNO. The van der Waals surface area contributed by atoms with E-state index in [0.29, 0.717) is 13.0 Å². The predicted octanol–water partition coefficient (Wildman–Crippen LogP) is 1.90. The molecule has 1 aromatic rings. The molecule has 1 atom stereocenters. The molecule has 0 amide bonds. The summed E-state index contributed by atoms with van der Waals surface area (Å²) < 4.78 is 13.7. The number of rotatable bonds is 4. The van der Waals surface area contributed by atoms with E-state index in [-0.39, 0.29) is 0 Å². The number of aliphatic hydroxyl groups is 1. The van der Waals surface area contributed by atoms with Gasteiger partial charge in [-0.15, -0.1) is 0 Å². The molecule has 0 saturated carbocycles. The Hall–Kier alpha value is -0.830. The molecule has 0 aromatic carbocycles. The number of hydrogen-bond acceptors (Lipinski definition) is 1. The van der Waals surface area contributed by atoms with Gasteiger partial charge in [-0.3, -0.25) is 0 Å². The largest absolute Gasteiger partial charge is 0.387 e. The summed E-state index contributed by atoms with van der Waals surface area (Å²) in [6.07, 6.45) is 1.98. The molecule has 0 aliphatic rings. The second kappa shape index (κ2) is 4.26. The Bertz CT molecular complexity index is 234. The van der Waals surface area contributed by atoms with Crippen molar-refractivity contribution in [2.24, 2.45) is 0 Å². The van der Waals surface area contributed by atoms with Crippen molar-refractivity contribution in [3.05, 3.63) is 24.0 Å². The van der Waals surface area contributed by atoms with E-state index in [2.05, 4.69) is 0 Å². The van der Waals surface area contributed by atoms with E-state index in [1.807, 2.05) is 19.1 Å². The van der Waals surface area contributed by atoms with Crippen molar-refractivity contribution in [2.45, 2.75) is 26.0 Å². The summed E-state index contributed by atoms with van der Waals surface area (Å²) in [5.74, 6) is 0. The highest BCUT2D eigenvalue weighted by molar-refractivity contribution is 5.09. The molecule has 0 fully saturated rings. The summed E-state index contributed by atoms with van der Waals surface area (Å²) in [5.41, 5.74) is 0.801. The van der Waals surface area contributed by atoms with Crippen molar-refractivity contribution in [2.75, 3.05) is 6.67 Å². The monoisotopic (exact) mass is 171 g/mol. The molecule has 1 unspecified atom stereocenters. The summed E-state index contributed by atoms with van der Waals surface area (Å²) in [6.45, 7) is 1.84. The van der Waals surface area contributed by atoms with Crippen molar-refractivity contribution in [3.8, 4) is 0 Å². The Labute approximate surface area is 71.6 Å². The average Bonchev–Trinajstić information content (AvgIpc) is 2.52. The van der Waals surface area contributed by atoms with E-state index in [4.69, 9.17) is 0 Å². The molecule has 1 N–H and O–H groups in total. The average molecular weight is 171 g/mol. The van der Waals surface area contributed by atoms with Gasteiger partial charge in [0, 0.05) is 11.9 Å². The van der Waals surface area contributed by atoms with Crippen molar-refractivity contribution < 1.29 is 9.50 Å². The third kappa shape index (κ3) is 1.85. The maximum absolute atomic E-state index is 12.0. The zero-order chi connectivity index (χ0) is 8.97. The number of aliphatic hydroxyl groups excluding tert-OH is 1. The highest BCUT2D eigenvalue weighted by Gasteiger charge is 2.08. The van der Waals surface area contributed by atoms with Gasteiger partial charge in [-0.25, -0.2) is 4.39 Å². The second-order valence-corrected chi connectivity index (χ2v) is 2.74. The third-order valence-electron chi connectivity index (χ3n) is 1.92. The first-order chi connectivity index (χ1) is 5.79. The Morgan fingerprint density at radius 1 is 1.67 bits per heavy atom. The van der Waals surface area contributed by atoms with Crippen molar-refractivity contribution in [1.29, 1.82) is 0 Å². The standard InChI is InChI=1S/C9H14FNO/c1-2-9(12)8-4-3-6-11(8)7-5-10/h3-4,6,9,12H,2,5,7H2,1H3. The summed E-state index contributed by atoms with van der Waals surface area (Å²) >= 11 is 0. The molecular weight excluding hydrogens is 157 g/mol. The lowest BCUT2D eigenvalue weighted by molar-refractivity contribution is 0.163. The van der Waals surface area contributed by atoms with Gasteiger partial charge in [0.2, 0.25) is 0 Å². The second-order valence-electron chi connectivity index (χ2n) is 2.74. The van der Waals surface area contributed by atoms with Crippen molar-refractivity contribution >= 4 is 0 Å². The van der Waals surface area contributed by atoms with Crippen molar-refractivity contribution in [3.63, 3.8) is 0 Å². The molecule has 12 heavy (non-hydrogen) atoms. The highest BCUT2D eigenvalue weighted by Crippen LogP contribution is 2.16. The van der Waals surface area contributed by atoms with Crippen LogP contribution >= 0.6 is 0 Å². The topological polar surface area (TPSA) is 25.2 Å². The maximum Gasteiger partial charge on any atom is 0.107 e. The van der Waals surface area contributed by atoms with Gasteiger partial charge in [-0.05, 0) is 18.6 Å². The fourth-order valence-electron chi connectivity index (χ4n) is 1.23. The molecule has 2 nitrogen and oxygen atoms in total. The normalized spacial score (nSPS) is 13.2. The minimum atomic E-state index is -0.466. The van der Waals surface area contributed by atoms with Crippen LogP contribution in [0.4, 0.5) is 4.39 Å². The van der Waals surface area contributed by atoms with E-state index < -0.39 is 12.8 Å². The maximum atomic E-state index is 12.0. The van der Waals surface area contributed by atoms with Crippen LogP contribution in [0.1, 0.15) is 25.1 Å². The number of alkyl halides is 1. The molecule has 0 spiro atoms. The minimum Gasteiger partial charge on any atom is -0.387 e. The molecule has 1 aromatic heterocycles. The lowest BCUT2D eigenvalue weighted by Crippen LogP contribution is -2.07. The fraction of sp³-hybridized carbons (Fsp3) is 0.556. The SMILES string of the molecule is CCC(O)c1cccn1CCF. The van der Waals surface area contributed by atoms with E-state index in [0.717, 1.165) is 5.69 Å². The van der Waals surface area contributed by atoms with Gasteiger partial charge < -0.3 is 9.67 Å². The van der Waals surface area contributed by atoms with Gasteiger partial charge in [0.05, 0.1) is 12.6 Å². The van der Waals surface area contributed by atoms with Crippen LogP contribution < -0.4 is 0 Å². The lowest BCUT2D eigenvalue weighted by Gasteiger charge is -2.11. The van der Waals surface area contributed by atoms with Crippen LogP contribution in [-0.4, -0.2) is 16.3 Å². The summed E-state index contributed by atoms with van der Waals surface area (Å²) in [6, 6.07) is 3.65. The van der Waals surface area contributed by atoms with Gasteiger partial charge in [-0.1, -0.05) is 6.92 Å². The molecule has 1 rings (SSSR count). The zero-order valence-corrected chi connectivity index (χ0v) is 7.20. The Morgan fingerprint density at radius 2 is 2.42 bits per heavy atom. The zero-order valence-electron chi connectivity index (χ0n) is 7.20. The van der Waals surface area contributed by atoms with Crippen LogP contribution in [0, 0.1) is 0 Å². The molecule has 0 bridgehead atoms. The molecule has 1 heterocycles. The van der Waals surface area contributed by atoms with Crippen LogP contribution in [-0.2, 0) is 6.54 Å². The van der Waals surface area contributed by atoms with E-state index in [1.54, 1.807) is 10.8 Å². The number of aryl methyl sites for hydroxylation is 1. The first-order valence-electron chi connectivity index (χ1n) is 4.18. The summed E-state index contributed by atoms with van der Waals surface area (Å²) in [5, 5.41) is 9.48. The van der Waals surface area contributed by atoms with E-state index >= 15 is 0 Å². The minimum absolute atomic E-state index is 0.333. The molecule has 0 aliphatic carbocycles. The third-order valence-corrected chi connectivity index (χ3v) is 1.92.